The van der Waals surface area contributed by atoms with E-state index in [0.717, 1.165) is 19.3 Å². The summed E-state index contributed by atoms with van der Waals surface area (Å²) in [6, 6.07) is -0.0528. The molecule has 0 aromatic heterocycles. The van der Waals surface area contributed by atoms with Gasteiger partial charge in [-0.2, -0.15) is 0 Å². The summed E-state index contributed by atoms with van der Waals surface area (Å²) in [5.41, 5.74) is 5.76. The highest BCUT2D eigenvalue weighted by molar-refractivity contribution is 4.80. The summed E-state index contributed by atoms with van der Waals surface area (Å²) in [5.74, 6) is 0.452. The first-order chi connectivity index (χ1) is 5.77. The predicted octanol–water partition coefficient (Wildman–Crippen LogP) is 0.511. The highest BCUT2D eigenvalue weighted by atomic mass is 16.5. The van der Waals surface area contributed by atoms with Crippen molar-refractivity contribution < 1.29 is 9.84 Å². The Labute approximate surface area is 73.9 Å². The molecule has 72 valence electrons. The molecule has 1 aliphatic carbocycles. The third-order valence-electron chi connectivity index (χ3n) is 2.82. The zero-order chi connectivity index (χ0) is 8.97. The van der Waals surface area contributed by atoms with Gasteiger partial charge in [0.2, 0.25) is 0 Å². The van der Waals surface area contributed by atoms with Gasteiger partial charge in [-0.3, -0.25) is 0 Å². The van der Waals surface area contributed by atoms with E-state index in [1.54, 1.807) is 7.11 Å². The predicted molar refractivity (Wildman–Crippen MR) is 47.8 cm³/mol. The van der Waals surface area contributed by atoms with Crippen LogP contribution in [-0.2, 0) is 4.74 Å². The SMILES string of the molecule is CO[C@@H]1CCC[C@@H]([C@@H](N)CO)C1. The lowest BCUT2D eigenvalue weighted by atomic mass is 9.83. The van der Waals surface area contributed by atoms with E-state index < -0.39 is 0 Å². The zero-order valence-electron chi connectivity index (χ0n) is 7.70. The normalized spacial score (nSPS) is 33.2. The van der Waals surface area contributed by atoms with Crippen LogP contribution in [0, 0.1) is 5.92 Å². The van der Waals surface area contributed by atoms with E-state index in [-0.39, 0.29) is 12.6 Å². The second kappa shape index (κ2) is 4.80. The van der Waals surface area contributed by atoms with E-state index in [1.807, 2.05) is 0 Å². The first kappa shape index (κ1) is 9.96. The summed E-state index contributed by atoms with van der Waals surface area (Å²) in [5, 5.41) is 8.88. The van der Waals surface area contributed by atoms with E-state index in [4.69, 9.17) is 15.6 Å². The van der Waals surface area contributed by atoms with Crippen LogP contribution in [-0.4, -0.2) is 31.0 Å². The topological polar surface area (TPSA) is 55.5 Å². The number of nitrogens with two attached hydrogens (primary N) is 1. The van der Waals surface area contributed by atoms with Gasteiger partial charge in [0.1, 0.15) is 0 Å². The lowest BCUT2D eigenvalue weighted by Crippen LogP contribution is -2.38. The van der Waals surface area contributed by atoms with Gasteiger partial charge in [0.15, 0.2) is 0 Å². The van der Waals surface area contributed by atoms with E-state index in [9.17, 15) is 0 Å². The zero-order valence-corrected chi connectivity index (χ0v) is 7.70. The van der Waals surface area contributed by atoms with Crippen LogP contribution in [0.25, 0.3) is 0 Å². The van der Waals surface area contributed by atoms with Gasteiger partial charge in [-0.05, 0) is 25.2 Å². The minimum atomic E-state index is -0.0528. The molecule has 0 heterocycles. The van der Waals surface area contributed by atoms with Crippen LogP contribution in [0.4, 0.5) is 0 Å². The molecule has 0 radical (unpaired) electrons. The van der Waals surface area contributed by atoms with Crippen LogP contribution in [0.15, 0.2) is 0 Å². The highest BCUT2D eigenvalue weighted by Gasteiger charge is 2.25. The van der Waals surface area contributed by atoms with Crippen LogP contribution in [0.3, 0.4) is 0 Å². The molecule has 0 unspecified atom stereocenters. The third kappa shape index (κ3) is 2.44. The number of hydrogen-bond acceptors (Lipinski definition) is 3. The molecule has 0 saturated heterocycles. The second-order valence-electron chi connectivity index (χ2n) is 3.63. The standard InChI is InChI=1S/C9H19NO2/c1-12-8-4-2-3-7(5-8)9(10)6-11/h7-9,11H,2-6,10H2,1H3/t7-,8-,9+/m1/s1. The lowest BCUT2D eigenvalue weighted by Gasteiger charge is -2.31. The molecule has 3 nitrogen and oxygen atoms in total. The molecule has 0 amide bonds. The van der Waals surface area contributed by atoms with E-state index in [2.05, 4.69) is 0 Å². The van der Waals surface area contributed by atoms with Crippen LogP contribution < -0.4 is 5.73 Å². The fourth-order valence-electron chi connectivity index (χ4n) is 1.93. The number of aliphatic hydroxyl groups is 1. The van der Waals surface area contributed by atoms with E-state index in [0.29, 0.717) is 12.0 Å². The molecule has 0 aromatic carbocycles. The van der Waals surface area contributed by atoms with Crippen LogP contribution in [0.1, 0.15) is 25.7 Å². The summed E-state index contributed by atoms with van der Waals surface area (Å²) in [4.78, 5) is 0. The molecule has 1 saturated carbocycles. The molecule has 3 atom stereocenters. The average molecular weight is 173 g/mol. The number of hydrogen-bond donors (Lipinski definition) is 2. The molecular formula is C9H19NO2. The second-order valence-corrected chi connectivity index (χ2v) is 3.63. The molecule has 3 heteroatoms. The third-order valence-corrected chi connectivity index (χ3v) is 2.82. The molecule has 1 aliphatic rings. The Morgan fingerprint density at radius 3 is 2.92 bits per heavy atom. The maximum Gasteiger partial charge on any atom is 0.0585 e. The Morgan fingerprint density at radius 1 is 1.58 bits per heavy atom. The fraction of sp³-hybridized carbons (Fsp3) is 1.00. The Bertz CT molecular complexity index is 128. The van der Waals surface area contributed by atoms with Gasteiger partial charge in [0.05, 0.1) is 12.7 Å². The van der Waals surface area contributed by atoms with Crippen molar-refractivity contribution in [2.24, 2.45) is 11.7 Å². The van der Waals surface area contributed by atoms with Crippen molar-refractivity contribution in [3.8, 4) is 0 Å². The number of methoxy groups -OCH3 is 1. The Kier molecular flexibility index (Phi) is 3.98. The van der Waals surface area contributed by atoms with Crippen molar-refractivity contribution in [2.75, 3.05) is 13.7 Å². The van der Waals surface area contributed by atoms with Gasteiger partial charge >= 0.3 is 0 Å². The van der Waals surface area contributed by atoms with Crippen molar-refractivity contribution in [3.63, 3.8) is 0 Å². The average Bonchev–Trinajstić information content (AvgIpc) is 2.17. The molecule has 1 fully saturated rings. The van der Waals surface area contributed by atoms with Gasteiger partial charge in [-0.25, -0.2) is 0 Å². The van der Waals surface area contributed by atoms with Crippen LogP contribution >= 0.6 is 0 Å². The highest BCUT2D eigenvalue weighted by Crippen LogP contribution is 2.27. The number of aliphatic hydroxyl groups excluding tert-OH is 1. The lowest BCUT2D eigenvalue weighted by molar-refractivity contribution is 0.0399. The summed E-state index contributed by atoms with van der Waals surface area (Å²) >= 11 is 0. The smallest absolute Gasteiger partial charge is 0.0585 e. The van der Waals surface area contributed by atoms with E-state index in [1.165, 1.54) is 6.42 Å². The molecule has 0 aliphatic heterocycles. The fourth-order valence-corrected chi connectivity index (χ4v) is 1.93. The number of rotatable bonds is 3. The van der Waals surface area contributed by atoms with Gasteiger partial charge in [-0.1, -0.05) is 6.42 Å². The van der Waals surface area contributed by atoms with Gasteiger partial charge < -0.3 is 15.6 Å². The van der Waals surface area contributed by atoms with Crippen molar-refractivity contribution in [1.29, 1.82) is 0 Å². The summed E-state index contributed by atoms with van der Waals surface area (Å²) in [6.07, 6.45) is 4.84. The number of ether oxygens (including phenoxy) is 1. The van der Waals surface area contributed by atoms with Gasteiger partial charge in [-0.15, -0.1) is 0 Å². The first-order valence-electron chi connectivity index (χ1n) is 4.67. The first-order valence-corrected chi connectivity index (χ1v) is 4.67. The molecule has 12 heavy (non-hydrogen) atoms. The van der Waals surface area contributed by atoms with E-state index >= 15 is 0 Å². The molecular weight excluding hydrogens is 154 g/mol. The molecule has 0 bridgehead atoms. The summed E-state index contributed by atoms with van der Waals surface area (Å²) in [6.45, 7) is 0.0983. The maximum absolute atomic E-state index is 8.88. The Morgan fingerprint density at radius 2 is 2.33 bits per heavy atom. The minimum Gasteiger partial charge on any atom is -0.395 e. The minimum absolute atomic E-state index is 0.0528. The van der Waals surface area contributed by atoms with Crippen molar-refractivity contribution in [3.05, 3.63) is 0 Å². The summed E-state index contributed by atoms with van der Waals surface area (Å²) in [7, 11) is 1.75. The Hall–Kier alpha value is -0.120. The monoisotopic (exact) mass is 173 g/mol. The quantitative estimate of drug-likeness (QED) is 0.654. The van der Waals surface area contributed by atoms with Crippen molar-refractivity contribution in [1.82, 2.24) is 0 Å². The van der Waals surface area contributed by atoms with Crippen LogP contribution in [0.5, 0.6) is 0 Å². The van der Waals surface area contributed by atoms with Crippen LogP contribution in [0.2, 0.25) is 0 Å². The molecule has 1 rings (SSSR count). The molecule has 0 aromatic rings. The molecule has 3 N–H and O–H groups in total. The summed E-state index contributed by atoms with van der Waals surface area (Å²) < 4.78 is 5.28. The maximum atomic E-state index is 8.88. The largest absolute Gasteiger partial charge is 0.395 e. The van der Waals surface area contributed by atoms with Gasteiger partial charge in [0.25, 0.3) is 0 Å². The van der Waals surface area contributed by atoms with Crippen molar-refractivity contribution in [2.45, 2.75) is 37.8 Å². The van der Waals surface area contributed by atoms with Crippen molar-refractivity contribution >= 4 is 0 Å². The van der Waals surface area contributed by atoms with Gasteiger partial charge in [0, 0.05) is 13.2 Å². The Balaban J connectivity index is 2.34. The molecule has 0 spiro atoms.